The van der Waals surface area contributed by atoms with Crippen LogP contribution in [0.15, 0.2) is 11.9 Å². The van der Waals surface area contributed by atoms with Crippen LogP contribution >= 0.6 is 7.60 Å². The van der Waals surface area contributed by atoms with Gasteiger partial charge in [-0.3, -0.25) is 9.36 Å². The molecular formula is C6H12NO5P. The molecule has 0 fully saturated rings. The highest BCUT2D eigenvalue weighted by Crippen LogP contribution is 2.35. The zero-order chi connectivity index (χ0) is 10.3. The fourth-order valence-electron chi connectivity index (χ4n) is 0.593. The first-order valence-electron chi connectivity index (χ1n) is 3.57. The van der Waals surface area contributed by atoms with E-state index in [1.807, 2.05) is 0 Å². The van der Waals surface area contributed by atoms with Crippen molar-refractivity contribution in [2.75, 3.05) is 13.1 Å². The summed E-state index contributed by atoms with van der Waals surface area (Å²) in [5.74, 6) is -0.158. The van der Waals surface area contributed by atoms with Crippen molar-refractivity contribution in [2.24, 2.45) is 0 Å². The predicted octanol–water partition coefficient (Wildman–Crippen LogP) is -0.258. The highest BCUT2D eigenvalue weighted by Gasteiger charge is 2.04. The van der Waals surface area contributed by atoms with Crippen LogP contribution in [0.1, 0.15) is 6.42 Å². The van der Waals surface area contributed by atoms with Gasteiger partial charge in [-0.1, -0.05) is 6.08 Å². The molecular weight excluding hydrogens is 197 g/mol. The molecule has 7 heteroatoms. The van der Waals surface area contributed by atoms with Gasteiger partial charge in [-0.05, 0) is 13.0 Å². The highest BCUT2D eigenvalue weighted by molar-refractivity contribution is 7.55. The van der Waals surface area contributed by atoms with Crippen LogP contribution in [0.25, 0.3) is 0 Å². The average molecular weight is 209 g/mol. The van der Waals surface area contributed by atoms with E-state index in [0.717, 1.165) is 5.82 Å². The Morgan fingerprint density at radius 1 is 1.46 bits per heavy atom. The summed E-state index contributed by atoms with van der Waals surface area (Å²) in [6.07, 6.45) is 1.70. The van der Waals surface area contributed by atoms with E-state index in [-0.39, 0.29) is 6.54 Å². The minimum absolute atomic E-state index is 0.149. The maximum atomic E-state index is 10.3. The van der Waals surface area contributed by atoms with Gasteiger partial charge in [-0.15, -0.1) is 0 Å². The number of nitrogens with one attached hydrogen (secondary N) is 1. The maximum Gasteiger partial charge on any atom is 0.348 e. The summed E-state index contributed by atoms with van der Waals surface area (Å²) in [6, 6.07) is 0. The molecule has 0 spiro atoms. The van der Waals surface area contributed by atoms with E-state index in [0.29, 0.717) is 13.0 Å². The smallest absolute Gasteiger partial charge is 0.348 e. The summed E-state index contributed by atoms with van der Waals surface area (Å²) < 4.78 is 10.3. The molecule has 13 heavy (non-hydrogen) atoms. The van der Waals surface area contributed by atoms with Crippen LogP contribution in [-0.2, 0) is 9.36 Å². The first-order valence-corrected chi connectivity index (χ1v) is 5.25. The van der Waals surface area contributed by atoms with Crippen LogP contribution in [-0.4, -0.2) is 34.0 Å². The van der Waals surface area contributed by atoms with Crippen molar-refractivity contribution in [3.63, 3.8) is 0 Å². The first-order chi connectivity index (χ1) is 5.92. The highest BCUT2D eigenvalue weighted by atomic mass is 31.2. The lowest BCUT2D eigenvalue weighted by Crippen LogP contribution is -2.22. The summed E-state index contributed by atoms with van der Waals surface area (Å²) in [7, 11) is -4.06. The molecule has 0 unspecified atom stereocenters. The van der Waals surface area contributed by atoms with Crippen LogP contribution in [0.3, 0.4) is 0 Å². The quantitative estimate of drug-likeness (QED) is 0.354. The number of rotatable bonds is 6. The minimum Gasteiger partial charge on any atom is -0.480 e. The first kappa shape index (κ1) is 12.3. The number of carboxylic acid groups (broad SMARTS) is 1. The normalized spacial score (nSPS) is 12.2. The van der Waals surface area contributed by atoms with E-state index in [1.54, 1.807) is 0 Å². The Morgan fingerprint density at radius 2 is 2.08 bits per heavy atom. The largest absolute Gasteiger partial charge is 0.480 e. The zero-order valence-electron chi connectivity index (χ0n) is 6.88. The summed E-state index contributed by atoms with van der Waals surface area (Å²) in [6.45, 7) is 0.229. The molecule has 0 amide bonds. The number of aliphatic carboxylic acids is 1. The molecule has 0 atom stereocenters. The average Bonchev–Trinajstić information content (AvgIpc) is 1.93. The van der Waals surface area contributed by atoms with Crippen molar-refractivity contribution in [1.82, 2.24) is 5.32 Å². The molecule has 0 radical (unpaired) electrons. The molecule has 0 aliphatic heterocycles. The topological polar surface area (TPSA) is 107 Å². The summed E-state index contributed by atoms with van der Waals surface area (Å²) in [5.41, 5.74) is 0. The molecule has 0 aromatic carbocycles. The van der Waals surface area contributed by atoms with Gasteiger partial charge in [0.2, 0.25) is 0 Å². The monoisotopic (exact) mass is 209 g/mol. The van der Waals surface area contributed by atoms with Crippen molar-refractivity contribution in [1.29, 1.82) is 0 Å². The molecule has 0 rings (SSSR count). The molecule has 0 aromatic heterocycles. The fourth-order valence-corrected chi connectivity index (χ4v) is 1.02. The number of carboxylic acids is 1. The van der Waals surface area contributed by atoms with E-state index in [4.69, 9.17) is 14.9 Å². The summed E-state index contributed by atoms with van der Waals surface area (Å²) in [5, 5.41) is 10.8. The van der Waals surface area contributed by atoms with Crippen molar-refractivity contribution in [3.05, 3.63) is 11.9 Å². The van der Waals surface area contributed by atoms with E-state index >= 15 is 0 Å². The standard InChI is InChI=1S/C6H12NO5P/c8-6(9)5-7-3-1-2-4-13(10,11)12/h2,4,7H,1,3,5H2,(H,8,9)(H2,10,11,12). The van der Waals surface area contributed by atoms with Gasteiger partial charge in [0.1, 0.15) is 0 Å². The Morgan fingerprint density at radius 3 is 2.54 bits per heavy atom. The van der Waals surface area contributed by atoms with Crippen molar-refractivity contribution in [3.8, 4) is 0 Å². The van der Waals surface area contributed by atoms with Crippen LogP contribution in [0.5, 0.6) is 0 Å². The van der Waals surface area contributed by atoms with Crippen molar-refractivity contribution < 1.29 is 24.3 Å². The predicted molar refractivity (Wildman–Crippen MR) is 46.3 cm³/mol. The lowest BCUT2D eigenvalue weighted by atomic mass is 10.4. The molecule has 6 nitrogen and oxygen atoms in total. The molecule has 76 valence electrons. The van der Waals surface area contributed by atoms with Crippen LogP contribution in [0, 0.1) is 0 Å². The SMILES string of the molecule is O=C(O)CNCCC=CP(=O)(O)O. The van der Waals surface area contributed by atoms with Gasteiger partial charge in [-0.25, -0.2) is 0 Å². The second-order valence-electron chi connectivity index (χ2n) is 2.33. The third-order valence-electron chi connectivity index (χ3n) is 1.06. The minimum atomic E-state index is -4.06. The summed E-state index contributed by atoms with van der Waals surface area (Å²) in [4.78, 5) is 26.7. The Hall–Kier alpha value is -0.680. The van der Waals surface area contributed by atoms with Crippen LogP contribution in [0.2, 0.25) is 0 Å². The fraction of sp³-hybridized carbons (Fsp3) is 0.500. The third-order valence-corrected chi connectivity index (χ3v) is 1.66. The number of carbonyl (C=O) groups is 1. The van der Waals surface area contributed by atoms with E-state index in [1.165, 1.54) is 6.08 Å². The number of hydrogen-bond donors (Lipinski definition) is 4. The van der Waals surface area contributed by atoms with E-state index < -0.39 is 13.6 Å². The molecule has 0 saturated carbocycles. The Kier molecular flexibility index (Phi) is 5.57. The molecule has 0 saturated heterocycles. The third kappa shape index (κ3) is 11.3. The van der Waals surface area contributed by atoms with Gasteiger partial charge >= 0.3 is 13.6 Å². The second kappa shape index (κ2) is 5.88. The van der Waals surface area contributed by atoms with Crippen LogP contribution in [0.4, 0.5) is 0 Å². The van der Waals surface area contributed by atoms with E-state index in [9.17, 15) is 9.36 Å². The zero-order valence-corrected chi connectivity index (χ0v) is 7.78. The van der Waals surface area contributed by atoms with Gasteiger partial charge in [0.25, 0.3) is 0 Å². The lowest BCUT2D eigenvalue weighted by molar-refractivity contribution is -0.135. The molecule has 0 bridgehead atoms. The van der Waals surface area contributed by atoms with Gasteiger partial charge < -0.3 is 20.2 Å². The van der Waals surface area contributed by atoms with Gasteiger partial charge in [0.05, 0.1) is 6.54 Å². The summed E-state index contributed by atoms with van der Waals surface area (Å²) >= 11 is 0. The molecule has 4 N–H and O–H groups in total. The van der Waals surface area contributed by atoms with Gasteiger partial charge in [-0.2, -0.15) is 0 Å². The Bertz CT molecular complexity index is 233. The molecule has 0 aliphatic rings. The molecule has 0 heterocycles. The second-order valence-corrected chi connectivity index (χ2v) is 3.81. The lowest BCUT2D eigenvalue weighted by Gasteiger charge is -1.97. The van der Waals surface area contributed by atoms with Crippen LogP contribution < -0.4 is 5.32 Å². The van der Waals surface area contributed by atoms with E-state index in [2.05, 4.69) is 5.32 Å². The van der Waals surface area contributed by atoms with Crippen molar-refractivity contribution >= 4 is 13.6 Å². The van der Waals surface area contributed by atoms with Gasteiger partial charge in [0, 0.05) is 5.82 Å². The Labute approximate surface area is 75.4 Å². The molecule has 0 aliphatic carbocycles. The molecule has 0 aromatic rings. The maximum absolute atomic E-state index is 10.3. The Balaban J connectivity index is 3.41. The number of hydrogen-bond acceptors (Lipinski definition) is 3. The van der Waals surface area contributed by atoms with Gasteiger partial charge in [0.15, 0.2) is 0 Å². The van der Waals surface area contributed by atoms with Crippen molar-refractivity contribution in [2.45, 2.75) is 6.42 Å².